The highest BCUT2D eigenvalue weighted by Gasteiger charge is 2.17. The molecule has 1 aliphatic rings. The van der Waals surface area contributed by atoms with Gasteiger partial charge in [-0.15, -0.1) is 0 Å². The van der Waals surface area contributed by atoms with Gasteiger partial charge in [-0.3, -0.25) is 4.79 Å². The second-order valence-corrected chi connectivity index (χ2v) is 7.37. The summed E-state index contributed by atoms with van der Waals surface area (Å²) in [6.07, 6.45) is 7.52. The zero-order valence-corrected chi connectivity index (χ0v) is 16.2. The maximum absolute atomic E-state index is 10.6. The second kappa shape index (κ2) is 9.52. The molecule has 1 N–H and O–H groups in total. The number of aliphatic carboxylic acids is 1. The predicted molar refractivity (Wildman–Crippen MR) is 111 cm³/mol. The second-order valence-electron chi connectivity index (χ2n) is 7.37. The van der Waals surface area contributed by atoms with Crippen molar-refractivity contribution < 1.29 is 9.90 Å². The molecule has 0 aliphatic heterocycles. The number of hydrogen-bond acceptors (Lipinski definition) is 2. The summed E-state index contributed by atoms with van der Waals surface area (Å²) in [6.45, 7) is 1.94. The summed E-state index contributed by atoms with van der Waals surface area (Å²) >= 11 is 0. The number of unbranched alkanes of at least 4 members (excludes halogenated alkanes) is 1. The van der Waals surface area contributed by atoms with Crippen molar-refractivity contribution in [1.82, 2.24) is 4.90 Å². The van der Waals surface area contributed by atoms with Gasteiger partial charge in [0.2, 0.25) is 0 Å². The van der Waals surface area contributed by atoms with Crippen molar-refractivity contribution in [2.45, 2.75) is 38.5 Å². The molecule has 27 heavy (non-hydrogen) atoms. The van der Waals surface area contributed by atoms with E-state index < -0.39 is 5.97 Å². The highest BCUT2D eigenvalue weighted by Crippen LogP contribution is 2.33. The molecule has 142 valence electrons. The lowest BCUT2D eigenvalue weighted by molar-refractivity contribution is -0.137. The normalized spacial score (nSPS) is 13.0. The van der Waals surface area contributed by atoms with Gasteiger partial charge in [-0.25, -0.2) is 0 Å². The number of fused-ring (bicyclic) bond motifs is 2. The third-order valence-electron chi connectivity index (χ3n) is 5.32. The molecule has 2 aromatic carbocycles. The van der Waals surface area contributed by atoms with E-state index in [1.54, 1.807) is 0 Å². The van der Waals surface area contributed by atoms with Crippen LogP contribution in [-0.4, -0.2) is 36.1 Å². The van der Waals surface area contributed by atoms with Crippen molar-refractivity contribution in [2.24, 2.45) is 0 Å². The first-order valence-electron chi connectivity index (χ1n) is 9.92. The Morgan fingerprint density at radius 2 is 1.56 bits per heavy atom. The first kappa shape index (κ1) is 19.4. The van der Waals surface area contributed by atoms with Crippen molar-refractivity contribution in [3.63, 3.8) is 0 Å². The van der Waals surface area contributed by atoms with Crippen LogP contribution in [0.5, 0.6) is 0 Å². The van der Waals surface area contributed by atoms with Crippen molar-refractivity contribution >= 4 is 11.5 Å². The smallest absolute Gasteiger partial charge is 0.303 e. The van der Waals surface area contributed by atoms with E-state index in [2.05, 4.69) is 66.6 Å². The molecular weight excluding hydrogens is 334 g/mol. The number of hydrogen-bond donors (Lipinski definition) is 1. The van der Waals surface area contributed by atoms with Gasteiger partial charge in [-0.2, -0.15) is 0 Å². The fraction of sp³-hybridized carbons (Fsp3) is 0.375. The summed E-state index contributed by atoms with van der Waals surface area (Å²) in [5.74, 6) is -0.701. The number of carboxylic acids is 1. The molecule has 0 amide bonds. The SMILES string of the molecule is CN(CCC=C1c2ccccc2CCc2ccccc21)CCCCC(=O)O. The molecule has 0 fully saturated rings. The summed E-state index contributed by atoms with van der Waals surface area (Å²) in [5.41, 5.74) is 6.96. The van der Waals surface area contributed by atoms with Gasteiger partial charge < -0.3 is 10.0 Å². The Kier molecular flexibility index (Phi) is 6.83. The molecule has 0 spiro atoms. The van der Waals surface area contributed by atoms with Gasteiger partial charge >= 0.3 is 5.97 Å². The minimum absolute atomic E-state index is 0.269. The van der Waals surface area contributed by atoms with E-state index >= 15 is 0 Å². The zero-order valence-electron chi connectivity index (χ0n) is 16.2. The highest BCUT2D eigenvalue weighted by molar-refractivity contribution is 5.83. The van der Waals surface area contributed by atoms with E-state index in [0.717, 1.165) is 45.2 Å². The third kappa shape index (κ3) is 5.30. The summed E-state index contributed by atoms with van der Waals surface area (Å²) < 4.78 is 0. The molecule has 0 saturated heterocycles. The quantitative estimate of drug-likeness (QED) is 0.685. The molecule has 3 rings (SSSR count). The molecule has 3 heteroatoms. The van der Waals surface area contributed by atoms with Crippen LogP contribution in [0.15, 0.2) is 54.6 Å². The average molecular weight is 364 g/mol. The summed E-state index contributed by atoms with van der Waals surface area (Å²) in [7, 11) is 2.12. The van der Waals surface area contributed by atoms with Crippen LogP contribution in [0.3, 0.4) is 0 Å². The van der Waals surface area contributed by atoms with Gasteiger partial charge in [0.05, 0.1) is 0 Å². The van der Waals surface area contributed by atoms with Gasteiger partial charge in [-0.05, 0) is 73.5 Å². The number of carboxylic acid groups (broad SMARTS) is 1. The molecule has 0 bridgehead atoms. The lowest BCUT2D eigenvalue weighted by atomic mass is 9.93. The van der Waals surface area contributed by atoms with E-state index in [1.165, 1.54) is 27.8 Å². The topological polar surface area (TPSA) is 40.5 Å². The van der Waals surface area contributed by atoms with Crippen molar-refractivity contribution in [2.75, 3.05) is 20.1 Å². The number of carbonyl (C=O) groups is 1. The Hall–Kier alpha value is -2.39. The molecule has 0 atom stereocenters. The molecule has 2 aromatic rings. The zero-order chi connectivity index (χ0) is 19.1. The molecule has 3 nitrogen and oxygen atoms in total. The van der Waals surface area contributed by atoms with Crippen LogP contribution >= 0.6 is 0 Å². The standard InChI is InChI=1S/C24H29NO2/c1-25(17-7-6-14-24(26)27)18-8-13-23-21-11-4-2-9-19(21)15-16-20-10-3-5-12-22(20)23/h2-5,9-13H,6-8,14-18H2,1H3,(H,26,27). The monoisotopic (exact) mass is 363 g/mol. The lowest BCUT2D eigenvalue weighted by Gasteiger charge is -2.16. The van der Waals surface area contributed by atoms with E-state index in [-0.39, 0.29) is 6.42 Å². The first-order valence-corrected chi connectivity index (χ1v) is 9.92. The van der Waals surface area contributed by atoms with Crippen molar-refractivity contribution in [1.29, 1.82) is 0 Å². The third-order valence-corrected chi connectivity index (χ3v) is 5.32. The van der Waals surface area contributed by atoms with E-state index in [0.29, 0.717) is 0 Å². The minimum atomic E-state index is -0.701. The highest BCUT2D eigenvalue weighted by atomic mass is 16.4. The molecule has 0 radical (unpaired) electrons. The largest absolute Gasteiger partial charge is 0.481 e. The Balaban J connectivity index is 1.69. The molecule has 0 aromatic heterocycles. The van der Waals surface area contributed by atoms with Crippen LogP contribution in [-0.2, 0) is 17.6 Å². The Morgan fingerprint density at radius 1 is 0.963 bits per heavy atom. The average Bonchev–Trinajstić information content (AvgIpc) is 2.83. The van der Waals surface area contributed by atoms with Gasteiger partial charge in [0.25, 0.3) is 0 Å². The fourth-order valence-electron chi connectivity index (χ4n) is 3.84. The Morgan fingerprint density at radius 3 is 2.15 bits per heavy atom. The molecule has 0 unspecified atom stereocenters. The van der Waals surface area contributed by atoms with Crippen LogP contribution in [0.1, 0.15) is 47.9 Å². The predicted octanol–water partition coefficient (Wildman–Crippen LogP) is 4.79. The Bertz CT molecular complexity index is 760. The van der Waals surface area contributed by atoms with Gasteiger partial charge in [0.15, 0.2) is 0 Å². The number of aryl methyl sites for hydroxylation is 2. The lowest BCUT2D eigenvalue weighted by Crippen LogP contribution is -2.20. The van der Waals surface area contributed by atoms with E-state index in [9.17, 15) is 4.79 Å². The van der Waals surface area contributed by atoms with Crippen LogP contribution in [0.2, 0.25) is 0 Å². The molecule has 0 saturated carbocycles. The summed E-state index contributed by atoms with van der Waals surface area (Å²) in [4.78, 5) is 12.9. The first-order chi connectivity index (χ1) is 13.1. The van der Waals surface area contributed by atoms with E-state index in [1.807, 2.05) is 0 Å². The van der Waals surface area contributed by atoms with Crippen LogP contribution in [0.25, 0.3) is 5.57 Å². The number of nitrogens with zero attached hydrogens (tertiary/aromatic N) is 1. The maximum Gasteiger partial charge on any atom is 0.303 e. The minimum Gasteiger partial charge on any atom is -0.481 e. The van der Waals surface area contributed by atoms with Crippen LogP contribution in [0, 0.1) is 0 Å². The molecule has 1 aliphatic carbocycles. The van der Waals surface area contributed by atoms with Gasteiger partial charge in [0.1, 0.15) is 0 Å². The van der Waals surface area contributed by atoms with Crippen LogP contribution < -0.4 is 0 Å². The molecule has 0 heterocycles. The van der Waals surface area contributed by atoms with Crippen molar-refractivity contribution in [3.8, 4) is 0 Å². The summed E-state index contributed by atoms with van der Waals surface area (Å²) in [5, 5.41) is 8.73. The summed E-state index contributed by atoms with van der Waals surface area (Å²) in [6, 6.07) is 17.5. The van der Waals surface area contributed by atoms with Gasteiger partial charge in [0, 0.05) is 13.0 Å². The van der Waals surface area contributed by atoms with Crippen LogP contribution in [0.4, 0.5) is 0 Å². The van der Waals surface area contributed by atoms with Crippen molar-refractivity contribution in [3.05, 3.63) is 76.9 Å². The maximum atomic E-state index is 10.6. The Labute approximate surface area is 162 Å². The van der Waals surface area contributed by atoms with E-state index in [4.69, 9.17) is 5.11 Å². The fourth-order valence-corrected chi connectivity index (χ4v) is 3.84. The number of rotatable bonds is 8. The number of benzene rings is 2. The molecular formula is C24H29NO2. The van der Waals surface area contributed by atoms with Gasteiger partial charge in [-0.1, -0.05) is 54.6 Å².